The number of fused-ring (bicyclic) bond motifs is 1. The van der Waals surface area contributed by atoms with Crippen molar-refractivity contribution < 1.29 is 23.8 Å². The second kappa shape index (κ2) is 8.98. The molecule has 2 aromatic carbocycles. The van der Waals surface area contributed by atoms with Crippen LogP contribution in [0.5, 0.6) is 17.2 Å². The van der Waals surface area contributed by atoms with Crippen molar-refractivity contribution in [3.63, 3.8) is 0 Å². The van der Waals surface area contributed by atoms with E-state index in [2.05, 4.69) is 0 Å². The summed E-state index contributed by atoms with van der Waals surface area (Å²) in [5.41, 5.74) is 6.01. The van der Waals surface area contributed by atoms with Crippen molar-refractivity contribution in [3.8, 4) is 17.2 Å². The lowest BCUT2D eigenvalue weighted by Crippen LogP contribution is -2.05. The van der Waals surface area contributed by atoms with E-state index in [-0.39, 0.29) is 17.3 Å². The number of rotatable bonds is 7. The highest BCUT2D eigenvalue weighted by Gasteiger charge is 2.25. The quantitative estimate of drug-likeness (QED) is 0.460. The molecule has 0 atom stereocenters. The van der Waals surface area contributed by atoms with E-state index in [4.69, 9.17) is 9.47 Å². The van der Waals surface area contributed by atoms with Crippen LogP contribution < -0.4 is 9.47 Å². The second-order valence-electron chi connectivity index (χ2n) is 8.05. The average Bonchev–Trinajstić information content (AvgIpc) is 3.34. The molecule has 0 bridgehead atoms. The number of halogens is 1. The van der Waals surface area contributed by atoms with Gasteiger partial charge >= 0.3 is 0 Å². The molecule has 0 fully saturated rings. The smallest absolute Gasteiger partial charge is 0.200 e. The number of aromatic nitrogens is 1. The van der Waals surface area contributed by atoms with Crippen molar-refractivity contribution in [2.75, 3.05) is 14.2 Å². The zero-order valence-electron chi connectivity index (χ0n) is 19.1. The Morgan fingerprint density at radius 2 is 1.79 bits per heavy atom. The van der Waals surface area contributed by atoms with Crippen LogP contribution in [0, 0.1) is 5.82 Å². The van der Waals surface area contributed by atoms with E-state index in [1.807, 2.05) is 42.9 Å². The number of allylic oxidation sites excluding steroid dienone is 3. The van der Waals surface area contributed by atoms with Gasteiger partial charge in [-0.25, -0.2) is 4.39 Å². The summed E-state index contributed by atoms with van der Waals surface area (Å²) in [4.78, 5) is 12.7. The Bertz CT molecular complexity index is 1270. The van der Waals surface area contributed by atoms with Crippen LogP contribution >= 0.6 is 0 Å². The van der Waals surface area contributed by atoms with E-state index in [0.717, 1.165) is 33.4 Å². The van der Waals surface area contributed by atoms with E-state index in [9.17, 15) is 14.3 Å². The van der Waals surface area contributed by atoms with Gasteiger partial charge in [0, 0.05) is 19.7 Å². The third-order valence-corrected chi connectivity index (χ3v) is 6.10. The van der Waals surface area contributed by atoms with Gasteiger partial charge in [0.15, 0.2) is 17.3 Å². The lowest BCUT2D eigenvalue weighted by molar-refractivity contribution is 0.0976. The fraction of sp³-hybridized carbons (Fsp3) is 0.222. The number of carbonyl (C=O) groups excluding carboxylic acids is 1. The van der Waals surface area contributed by atoms with Gasteiger partial charge in [-0.3, -0.25) is 4.79 Å². The monoisotopic (exact) mass is 447 g/mol. The van der Waals surface area contributed by atoms with E-state index >= 15 is 0 Å². The summed E-state index contributed by atoms with van der Waals surface area (Å²) in [5.74, 6) is 0.263. The number of benzene rings is 2. The van der Waals surface area contributed by atoms with E-state index in [0.29, 0.717) is 30.0 Å². The Morgan fingerprint density at radius 1 is 1.09 bits per heavy atom. The van der Waals surface area contributed by atoms with Crippen LogP contribution in [0.15, 0.2) is 54.2 Å². The third kappa shape index (κ3) is 4.16. The van der Waals surface area contributed by atoms with Gasteiger partial charge in [0.25, 0.3) is 0 Å². The van der Waals surface area contributed by atoms with Crippen LogP contribution in [0.1, 0.15) is 46.9 Å². The molecule has 1 aromatic heterocycles. The number of aryl methyl sites for hydroxylation is 1. The summed E-state index contributed by atoms with van der Waals surface area (Å²) >= 11 is 0. The Kier molecular flexibility index (Phi) is 6.09. The molecular formula is C27H26FNO4. The molecule has 5 nitrogen and oxygen atoms in total. The molecule has 33 heavy (non-hydrogen) atoms. The maximum atomic E-state index is 14.2. The number of phenols is 1. The number of nitrogens with zero attached hydrogens (tertiary/aromatic N) is 1. The molecule has 1 N–H and O–H groups in total. The summed E-state index contributed by atoms with van der Waals surface area (Å²) in [6.45, 7) is 1.99. The van der Waals surface area contributed by atoms with Crippen LogP contribution in [-0.4, -0.2) is 29.7 Å². The van der Waals surface area contributed by atoms with Gasteiger partial charge in [-0.1, -0.05) is 6.07 Å². The van der Waals surface area contributed by atoms with Crippen LogP contribution in [-0.2, 0) is 7.05 Å². The fourth-order valence-corrected chi connectivity index (χ4v) is 4.36. The SMILES string of the molecule is COc1cc(C=C2C(C)=C(CCC(=O)c3cccn3C)c3cc(F)ccc32)cc(OC)c1O. The zero-order chi connectivity index (χ0) is 23.7. The van der Waals surface area contributed by atoms with E-state index < -0.39 is 0 Å². The third-order valence-electron chi connectivity index (χ3n) is 6.10. The summed E-state index contributed by atoms with van der Waals surface area (Å²) in [6, 6.07) is 11.8. The lowest BCUT2D eigenvalue weighted by Gasteiger charge is -2.11. The number of ether oxygens (including phenoxy) is 2. The van der Waals surface area contributed by atoms with Gasteiger partial charge in [0.1, 0.15) is 5.82 Å². The lowest BCUT2D eigenvalue weighted by atomic mass is 9.99. The molecule has 1 aliphatic rings. The number of aromatic hydroxyl groups is 1. The van der Waals surface area contributed by atoms with Gasteiger partial charge in [-0.15, -0.1) is 0 Å². The zero-order valence-corrected chi connectivity index (χ0v) is 19.1. The number of hydrogen-bond donors (Lipinski definition) is 1. The first-order valence-corrected chi connectivity index (χ1v) is 10.7. The maximum absolute atomic E-state index is 14.2. The number of hydrogen-bond acceptors (Lipinski definition) is 4. The van der Waals surface area contributed by atoms with Gasteiger partial charge in [-0.2, -0.15) is 0 Å². The molecule has 6 heteroatoms. The minimum atomic E-state index is -0.318. The van der Waals surface area contributed by atoms with Crippen molar-refractivity contribution in [1.29, 1.82) is 0 Å². The van der Waals surface area contributed by atoms with Crippen LogP contribution in [0.25, 0.3) is 17.2 Å². The predicted molar refractivity (Wildman–Crippen MR) is 127 cm³/mol. The fourth-order valence-electron chi connectivity index (χ4n) is 4.36. The highest BCUT2D eigenvalue weighted by atomic mass is 19.1. The predicted octanol–water partition coefficient (Wildman–Crippen LogP) is 5.88. The molecule has 0 spiro atoms. The van der Waals surface area contributed by atoms with Crippen LogP contribution in [0.3, 0.4) is 0 Å². The Balaban J connectivity index is 1.74. The number of methoxy groups -OCH3 is 2. The van der Waals surface area contributed by atoms with Crippen molar-refractivity contribution in [2.24, 2.45) is 7.05 Å². The average molecular weight is 448 g/mol. The number of phenolic OH excluding ortho intramolecular Hbond substituents is 1. The number of ketones is 1. The Labute approximate surface area is 192 Å². The van der Waals surface area contributed by atoms with E-state index in [1.165, 1.54) is 26.4 Å². The molecule has 1 heterocycles. The first-order valence-electron chi connectivity index (χ1n) is 10.7. The van der Waals surface area contributed by atoms with Crippen LogP contribution in [0.4, 0.5) is 4.39 Å². The Hall–Kier alpha value is -3.80. The molecule has 3 aromatic rings. The molecule has 0 amide bonds. The first-order chi connectivity index (χ1) is 15.8. The molecule has 4 rings (SSSR count). The highest BCUT2D eigenvalue weighted by molar-refractivity contribution is 6.06. The van der Waals surface area contributed by atoms with E-state index in [1.54, 1.807) is 18.2 Å². The molecule has 0 saturated carbocycles. The minimum absolute atomic E-state index is 0.0474. The molecule has 170 valence electrons. The standard InChI is InChI=1S/C27H26FNO4/c1-16-19(9-10-24(30)23-6-5-11-29(23)2)22-15-18(28)7-8-20(22)21(16)12-17-13-25(32-3)27(31)26(14-17)33-4/h5-8,11-15,31H,9-10H2,1-4H3. The van der Waals surface area contributed by atoms with Crippen molar-refractivity contribution in [1.82, 2.24) is 4.57 Å². The number of carbonyl (C=O) groups is 1. The summed E-state index contributed by atoms with van der Waals surface area (Å²) < 4.78 is 26.5. The maximum Gasteiger partial charge on any atom is 0.200 e. The van der Waals surface area contributed by atoms with Crippen molar-refractivity contribution >= 4 is 23.0 Å². The molecule has 1 aliphatic carbocycles. The molecule has 0 radical (unpaired) electrons. The van der Waals surface area contributed by atoms with Gasteiger partial charge in [0.2, 0.25) is 5.75 Å². The minimum Gasteiger partial charge on any atom is -0.502 e. The van der Waals surface area contributed by atoms with Gasteiger partial charge in [-0.05, 0) is 89.2 Å². The van der Waals surface area contributed by atoms with Crippen molar-refractivity contribution in [3.05, 3.63) is 82.4 Å². The molecule has 0 unspecified atom stereocenters. The summed E-state index contributed by atoms with van der Waals surface area (Å²) in [7, 11) is 4.80. The second-order valence-corrected chi connectivity index (χ2v) is 8.05. The normalized spacial score (nSPS) is 14.0. The topological polar surface area (TPSA) is 60.7 Å². The molecular weight excluding hydrogens is 421 g/mol. The molecule has 0 saturated heterocycles. The molecule has 0 aliphatic heterocycles. The largest absolute Gasteiger partial charge is 0.502 e. The summed E-state index contributed by atoms with van der Waals surface area (Å²) in [5, 5.41) is 10.2. The number of Topliss-reactive ketones (excluding diaryl/α,β-unsaturated/α-hetero) is 1. The van der Waals surface area contributed by atoms with Crippen LogP contribution in [0.2, 0.25) is 0 Å². The van der Waals surface area contributed by atoms with Gasteiger partial charge < -0.3 is 19.1 Å². The van der Waals surface area contributed by atoms with Gasteiger partial charge in [0.05, 0.1) is 19.9 Å². The van der Waals surface area contributed by atoms with Crippen molar-refractivity contribution in [2.45, 2.75) is 19.8 Å². The highest BCUT2D eigenvalue weighted by Crippen LogP contribution is 2.45. The first kappa shape index (κ1) is 22.4. The summed E-state index contributed by atoms with van der Waals surface area (Å²) in [6.07, 6.45) is 4.64. The Morgan fingerprint density at radius 3 is 2.39 bits per heavy atom.